The van der Waals surface area contributed by atoms with Gasteiger partial charge in [-0.2, -0.15) is 0 Å². The summed E-state index contributed by atoms with van der Waals surface area (Å²) < 4.78 is 0. The molecule has 198 valence electrons. The molecule has 16 heteroatoms. The Bertz CT molecular complexity index is 1320. The van der Waals surface area contributed by atoms with Gasteiger partial charge in [-0.25, -0.2) is 0 Å². The molecule has 0 fully saturated rings. The van der Waals surface area contributed by atoms with Crippen molar-refractivity contribution >= 4 is 69.2 Å². The number of hydrogen-bond donors (Lipinski definition) is 0. The molecule has 0 heterocycles. The first-order valence-corrected chi connectivity index (χ1v) is 12.1. The van der Waals surface area contributed by atoms with Crippen molar-refractivity contribution in [2.24, 2.45) is 0 Å². The van der Waals surface area contributed by atoms with Gasteiger partial charge in [0.05, 0.1) is 64.5 Å². The van der Waals surface area contributed by atoms with Gasteiger partial charge < -0.3 is 0 Å². The number of benzene rings is 3. The maximum absolute atomic E-state index is 11.5. The number of nitro benzene ring substituents is 4. The molecule has 0 aliphatic carbocycles. The number of hydrogen-bond acceptors (Lipinski definition) is 8. The van der Waals surface area contributed by atoms with E-state index in [0.29, 0.717) is 11.1 Å². The molecule has 0 N–H and O–H groups in total. The summed E-state index contributed by atoms with van der Waals surface area (Å²) in [6.07, 6.45) is 0. The predicted molar refractivity (Wildman–Crippen MR) is 140 cm³/mol. The molecule has 0 unspecified atom stereocenters. The van der Waals surface area contributed by atoms with E-state index in [2.05, 4.69) is 0 Å². The minimum absolute atomic E-state index is 0.0205. The molecule has 0 saturated carbocycles. The maximum atomic E-state index is 11.5. The van der Waals surface area contributed by atoms with Crippen molar-refractivity contribution in [3.05, 3.63) is 123 Å². The van der Waals surface area contributed by atoms with E-state index in [4.69, 9.17) is 46.4 Å². The number of nitro groups is 4. The molecule has 3 aromatic rings. The molecule has 3 aromatic carbocycles. The monoisotopic (exact) mass is 602 g/mol. The van der Waals surface area contributed by atoms with Crippen LogP contribution >= 0.6 is 46.4 Å². The van der Waals surface area contributed by atoms with Gasteiger partial charge in [-0.1, -0.05) is 24.3 Å². The summed E-state index contributed by atoms with van der Waals surface area (Å²) >= 11 is 25.8. The molecular formula is C22H14Cl4N4O8. The lowest BCUT2D eigenvalue weighted by Crippen LogP contribution is -2.06. The van der Waals surface area contributed by atoms with Crippen LogP contribution < -0.4 is 0 Å². The van der Waals surface area contributed by atoms with Crippen molar-refractivity contribution in [3.8, 4) is 0 Å². The van der Waals surface area contributed by atoms with E-state index in [1.807, 2.05) is 0 Å². The average molecular weight is 604 g/mol. The standard InChI is InChI=1S/C22H14Cl4N4O8/c23-19(21(25)15-7-5-13(27(31)32)9-17(15)29(35)36)11-1-2-12(4-3-11)20(24)22(26)16-8-6-14(28(33)34)10-18(16)30(37)38/h1-10,19-22H/t19-,20-,21+,22+/m1/s1. The quantitative estimate of drug-likeness (QED) is 0.128. The van der Waals surface area contributed by atoms with Gasteiger partial charge in [0.1, 0.15) is 0 Å². The molecule has 0 aliphatic rings. The van der Waals surface area contributed by atoms with Gasteiger partial charge >= 0.3 is 0 Å². The van der Waals surface area contributed by atoms with Crippen LogP contribution in [0.25, 0.3) is 0 Å². The fourth-order valence-electron chi connectivity index (χ4n) is 3.59. The Balaban J connectivity index is 1.86. The second-order valence-corrected chi connectivity index (χ2v) is 9.67. The summed E-state index contributed by atoms with van der Waals surface area (Å²) in [6, 6.07) is 12.2. The smallest absolute Gasteiger partial charge is 0.258 e. The van der Waals surface area contributed by atoms with Crippen LogP contribution in [0.3, 0.4) is 0 Å². The molecule has 0 spiro atoms. The van der Waals surface area contributed by atoms with Gasteiger partial charge in [-0.15, -0.1) is 46.4 Å². The van der Waals surface area contributed by atoms with Crippen LogP contribution in [0.5, 0.6) is 0 Å². The Labute approximate surface area is 233 Å². The second kappa shape index (κ2) is 11.9. The van der Waals surface area contributed by atoms with Crippen LogP contribution in [-0.2, 0) is 0 Å². The Morgan fingerprint density at radius 3 is 1.05 bits per heavy atom. The fraction of sp³-hybridized carbons (Fsp3) is 0.182. The van der Waals surface area contributed by atoms with Crippen LogP contribution in [0.15, 0.2) is 60.7 Å². The largest absolute Gasteiger partial charge is 0.281 e. The van der Waals surface area contributed by atoms with Crippen molar-refractivity contribution in [2.75, 3.05) is 0 Å². The first-order chi connectivity index (χ1) is 17.8. The summed E-state index contributed by atoms with van der Waals surface area (Å²) in [5.74, 6) is 0. The van der Waals surface area contributed by atoms with E-state index in [-0.39, 0.29) is 11.1 Å². The lowest BCUT2D eigenvalue weighted by atomic mass is 9.97. The van der Waals surface area contributed by atoms with E-state index in [0.717, 1.165) is 24.3 Å². The van der Waals surface area contributed by atoms with Crippen LogP contribution in [0, 0.1) is 40.5 Å². The highest BCUT2D eigenvalue weighted by atomic mass is 35.5. The number of non-ortho nitro benzene ring substituents is 2. The van der Waals surface area contributed by atoms with Crippen LogP contribution in [-0.4, -0.2) is 19.7 Å². The normalized spacial score (nSPS) is 14.2. The molecule has 0 aromatic heterocycles. The van der Waals surface area contributed by atoms with Crippen LogP contribution in [0.4, 0.5) is 22.7 Å². The van der Waals surface area contributed by atoms with Crippen LogP contribution in [0.1, 0.15) is 43.8 Å². The first-order valence-electron chi connectivity index (χ1n) is 10.3. The molecule has 0 amide bonds. The van der Waals surface area contributed by atoms with E-state index in [1.54, 1.807) is 0 Å². The molecular weight excluding hydrogens is 590 g/mol. The maximum Gasteiger partial charge on any atom is 0.281 e. The van der Waals surface area contributed by atoms with Crippen molar-refractivity contribution in [3.63, 3.8) is 0 Å². The van der Waals surface area contributed by atoms with Crippen LogP contribution in [0.2, 0.25) is 0 Å². The molecule has 0 radical (unpaired) electrons. The minimum Gasteiger partial charge on any atom is -0.258 e. The SMILES string of the molecule is O=[N+]([O-])c1ccc([C@H](Cl)[C@H](Cl)c2ccc([C@@H](Cl)[C@@H](Cl)c3ccc([N+](=O)[O-])cc3[N+](=O)[O-])cc2)c([N+](=O)[O-])c1. The zero-order chi connectivity index (χ0) is 28.3. The van der Waals surface area contributed by atoms with E-state index < -0.39 is 64.0 Å². The lowest BCUT2D eigenvalue weighted by molar-refractivity contribution is -0.394. The van der Waals surface area contributed by atoms with Gasteiger partial charge in [-0.05, 0) is 23.3 Å². The zero-order valence-electron chi connectivity index (χ0n) is 18.6. The van der Waals surface area contributed by atoms with Gasteiger partial charge in [0.15, 0.2) is 0 Å². The summed E-state index contributed by atoms with van der Waals surface area (Å²) in [4.78, 5) is 41.7. The third-order valence-electron chi connectivity index (χ3n) is 5.52. The number of halogens is 4. The molecule has 0 bridgehead atoms. The van der Waals surface area contributed by atoms with Crippen molar-refractivity contribution < 1.29 is 19.7 Å². The average Bonchev–Trinajstić information content (AvgIpc) is 2.90. The lowest BCUT2D eigenvalue weighted by Gasteiger charge is -2.20. The molecule has 4 atom stereocenters. The van der Waals surface area contributed by atoms with Gasteiger partial charge in [0.25, 0.3) is 22.7 Å². The number of alkyl halides is 4. The Morgan fingerprint density at radius 2 is 0.789 bits per heavy atom. The minimum atomic E-state index is -1.14. The van der Waals surface area contributed by atoms with Gasteiger partial charge in [-0.3, -0.25) is 40.5 Å². The van der Waals surface area contributed by atoms with Gasteiger partial charge in [0, 0.05) is 12.1 Å². The highest BCUT2D eigenvalue weighted by molar-refractivity contribution is 6.31. The molecule has 0 aliphatic heterocycles. The Hall–Kier alpha value is -3.58. The molecule has 12 nitrogen and oxygen atoms in total. The first kappa shape index (κ1) is 29.0. The Kier molecular flexibility index (Phi) is 9.05. The topological polar surface area (TPSA) is 173 Å². The molecule has 3 rings (SSSR count). The number of nitrogens with zero attached hydrogens (tertiary/aromatic N) is 4. The summed E-state index contributed by atoms with van der Waals surface area (Å²) in [5.41, 5.74) is -1.25. The summed E-state index contributed by atoms with van der Waals surface area (Å²) in [5, 5.41) is 40.6. The van der Waals surface area contributed by atoms with Gasteiger partial charge in [0.2, 0.25) is 0 Å². The summed E-state index contributed by atoms with van der Waals surface area (Å²) in [6.45, 7) is 0. The highest BCUT2D eigenvalue weighted by Crippen LogP contribution is 2.46. The predicted octanol–water partition coefficient (Wildman–Crippen LogP) is 7.84. The van der Waals surface area contributed by atoms with E-state index >= 15 is 0 Å². The second-order valence-electron chi connectivity index (χ2n) is 7.79. The van der Waals surface area contributed by atoms with Crippen molar-refractivity contribution in [1.82, 2.24) is 0 Å². The molecule has 38 heavy (non-hydrogen) atoms. The van der Waals surface area contributed by atoms with E-state index in [9.17, 15) is 40.5 Å². The molecule has 0 saturated heterocycles. The summed E-state index contributed by atoms with van der Waals surface area (Å²) in [7, 11) is 0. The number of rotatable bonds is 10. The third kappa shape index (κ3) is 6.10. The highest BCUT2D eigenvalue weighted by Gasteiger charge is 2.32. The third-order valence-corrected chi connectivity index (χ3v) is 7.76. The zero-order valence-corrected chi connectivity index (χ0v) is 21.7. The Morgan fingerprint density at radius 1 is 0.474 bits per heavy atom. The van der Waals surface area contributed by atoms with E-state index in [1.165, 1.54) is 36.4 Å². The van der Waals surface area contributed by atoms with Crippen molar-refractivity contribution in [1.29, 1.82) is 0 Å². The van der Waals surface area contributed by atoms with Crippen molar-refractivity contribution in [2.45, 2.75) is 21.5 Å². The fourth-order valence-corrected chi connectivity index (χ4v) is 4.81.